The highest BCUT2D eigenvalue weighted by Crippen LogP contribution is 2.36. The third-order valence-corrected chi connectivity index (χ3v) is 3.39. The molecule has 2 heteroatoms. The van der Waals surface area contributed by atoms with Crippen LogP contribution in [0.15, 0.2) is 24.3 Å². The lowest BCUT2D eigenvalue weighted by Crippen LogP contribution is -2.42. The minimum atomic E-state index is -0.238. The van der Waals surface area contributed by atoms with Gasteiger partial charge < -0.3 is 10.4 Å². The molecule has 0 saturated heterocycles. The predicted molar refractivity (Wildman–Crippen MR) is 66.6 cm³/mol. The van der Waals surface area contributed by atoms with Crippen LogP contribution in [0.25, 0.3) is 0 Å². The molecule has 1 aliphatic carbocycles. The van der Waals surface area contributed by atoms with Crippen LogP contribution in [0.2, 0.25) is 0 Å². The molecule has 0 radical (unpaired) electrons. The summed E-state index contributed by atoms with van der Waals surface area (Å²) in [7, 11) is 0. The lowest BCUT2D eigenvalue weighted by molar-refractivity contribution is 0.171. The number of benzene rings is 1. The van der Waals surface area contributed by atoms with Crippen molar-refractivity contribution in [2.24, 2.45) is 0 Å². The molecule has 1 saturated carbocycles. The molecule has 2 N–H and O–H groups in total. The average Bonchev–Trinajstić information content (AvgIpc) is 2.18. The van der Waals surface area contributed by atoms with E-state index in [2.05, 4.69) is 36.5 Å². The monoisotopic (exact) mass is 219 g/mol. The zero-order chi connectivity index (χ0) is 11.5. The first kappa shape index (κ1) is 11.6. The van der Waals surface area contributed by atoms with Gasteiger partial charge in [0.25, 0.3) is 0 Å². The minimum absolute atomic E-state index is 0.238. The van der Waals surface area contributed by atoms with Crippen LogP contribution in [-0.2, 0) is 0 Å². The van der Waals surface area contributed by atoms with E-state index >= 15 is 0 Å². The molecule has 0 spiro atoms. The summed E-state index contributed by atoms with van der Waals surface area (Å²) in [6.07, 6.45) is 2.17. The van der Waals surface area contributed by atoms with E-state index in [1.54, 1.807) is 0 Å². The van der Waals surface area contributed by atoms with Crippen LogP contribution in [0.4, 0.5) is 0 Å². The van der Waals surface area contributed by atoms with Crippen molar-refractivity contribution in [2.75, 3.05) is 6.54 Å². The van der Waals surface area contributed by atoms with Crippen LogP contribution in [0.3, 0.4) is 0 Å². The van der Waals surface area contributed by atoms with Gasteiger partial charge in [0.2, 0.25) is 0 Å². The van der Waals surface area contributed by atoms with E-state index in [1.165, 1.54) is 24.0 Å². The fourth-order valence-electron chi connectivity index (χ4n) is 2.23. The number of aryl methyl sites for hydroxylation is 1. The summed E-state index contributed by atoms with van der Waals surface area (Å²) in [5.41, 5.74) is 2.78. The Morgan fingerprint density at radius 3 is 2.50 bits per heavy atom. The van der Waals surface area contributed by atoms with Crippen molar-refractivity contribution >= 4 is 0 Å². The highest BCUT2D eigenvalue weighted by atomic mass is 16.3. The maximum atomic E-state index is 9.17. The number of hydrogen-bond donors (Lipinski definition) is 2. The molecule has 0 unspecified atom stereocenters. The molecular weight excluding hydrogens is 198 g/mol. The number of hydrogen-bond acceptors (Lipinski definition) is 2. The molecule has 0 bridgehead atoms. The molecule has 1 atom stereocenters. The Labute approximate surface area is 97.7 Å². The standard InChI is InChI=1S/C14H21NO/c1-10-3-5-12(6-4-10)13-7-14(8-13)15-9-11(2)16/h3-6,11,13-16H,7-9H2,1-2H3/t11-,13?,14?/m0/s1. The van der Waals surface area contributed by atoms with Gasteiger partial charge in [-0.1, -0.05) is 29.8 Å². The van der Waals surface area contributed by atoms with E-state index in [9.17, 15) is 5.11 Å². The summed E-state index contributed by atoms with van der Waals surface area (Å²) < 4.78 is 0. The Morgan fingerprint density at radius 2 is 1.94 bits per heavy atom. The summed E-state index contributed by atoms with van der Waals surface area (Å²) in [5, 5.41) is 12.6. The van der Waals surface area contributed by atoms with Gasteiger partial charge in [0.1, 0.15) is 0 Å². The molecule has 1 fully saturated rings. The normalized spacial score (nSPS) is 26.2. The second-order valence-corrected chi connectivity index (χ2v) is 5.03. The van der Waals surface area contributed by atoms with Crippen LogP contribution in [-0.4, -0.2) is 23.8 Å². The van der Waals surface area contributed by atoms with Gasteiger partial charge in [-0.25, -0.2) is 0 Å². The van der Waals surface area contributed by atoms with Crippen molar-refractivity contribution in [1.82, 2.24) is 5.32 Å². The highest BCUT2D eigenvalue weighted by molar-refractivity contribution is 5.26. The third-order valence-electron chi connectivity index (χ3n) is 3.39. The first-order chi connectivity index (χ1) is 7.65. The molecular formula is C14H21NO. The van der Waals surface area contributed by atoms with Gasteiger partial charge in [0, 0.05) is 12.6 Å². The molecule has 2 nitrogen and oxygen atoms in total. The van der Waals surface area contributed by atoms with Gasteiger partial charge in [0.05, 0.1) is 6.10 Å². The molecule has 1 aliphatic rings. The van der Waals surface area contributed by atoms with Crippen molar-refractivity contribution < 1.29 is 5.11 Å². The van der Waals surface area contributed by atoms with Crippen molar-refractivity contribution in [3.63, 3.8) is 0 Å². The van der Waals surface area contributed by atoms with Crippen molar-refractivity contribution in [1.29, 1.82) is 0 Å². The van der Waals surface area contributed by atoms with Crippen molar-refractivity contribution in [3.05, 3.63) is 35.4 Å². The van der Waals surface area contributed by atoms with E-state index in [-0.39, 0.29) is 6.10 Å². The van der Waals surface area contributed by atoms with Crippen LogP contribution in [0, 0.1) is 6.92 Å². The molecule has 0 aromatic heterocycles. The van der Waals surface area contributed by atoms with E-state index in [4.69, 9.17) is 0 Å². The second-order valence-electron chi connectivity index (χ2n) is 5.03. The van der Waals surface area contributed by atoms with Crippen molar-refractivity contribution in [2.45, 2.75) is 44.8 Å². The van der Waals surface area contributed by atoms with Gasteiger partial charge in [0.15, 0.2) is 0 Å². The fraction of sp³-hybridized carbons (Fsp3) is 0.571. The summed E-state index contributed by atoms with van der Waals surface area (Å²) in [6, 6.07) is 9.45. The molecule has 0 aliphatic heterocycles. The van der Waals surface area contributed by atoms with Crippen molar-refractivity contribution in [3.8, 4) is 0 Å². The number of aliphatic hydroxyl groups is 1. The zero-order valence-electron chi connectivity index (χ0n) is 10.1. The Hall–Kier alpha value is -0.860. The number of aliphatic hydroxyl groups excluding tert-OH is 1. The molecule has 88 valence electrons. The SMILES string of the molecule is Cc1ccc(C2CC(NC[C@H](C)O)C2)cc1. The zero-order valence-corrected chi connectivity index (χ0v) is 10.1. The first-order valence-electron chi connectivity index (χ1n) is 6.13. The molecule has 0 heterocycles. The minimum Gasteiger partial charge on any atom is -0.392 e. The van der Waals surface area contributed by atoms with E-state index in [0.29, 0.717) is 18.5 Å². The predicted octanol–water partition coefficient (Wildman–Crippen LogP) is 2.21. The third kappa shape index (κ3) is 2.83. The molecule has 1 aromatic rings. The first-order valence-corrected chi connectivity index (χ1v) is 6.13. The molecule has 2 rings (SSSR count). The van der Waals surface area contributed by atoms with Crippen LogP contribution in [0.1, 0.15) is 36.8 Å². The van der Waals surface area contributed by atoms with Gasteiger partial charge in [-0.05, 0) is 38.2 Å². The maximum absolute atomic E-state index is 9.17. The smallest absolute Gasteiger partial charge is 0.0636 e. The van der Waals surface area contributed by atoms with Crippen LogP contribution >= 0.6 is 0 Å². The largest absolute Gasteiger partial charge is 0.392 e. The van der Waals surface area contributed by atoms with Gasteiger partial charge in [-0.15, -0.1) is 0 Å². The summed E-state index contributed by atoms with van der Waals surface area (Å²) in [4.78, 5) is 0. The molecule has 0 amide bonds. The van der Waals surface area contributed by atoms with Gasteiger partial charge in [-0.3, -0.25) is 0 Å². The summed E-state index contributed by atoms with van der Waals surface area (Å²) in [5.74, 6) is 0.715. The number of rotatable bonds is 4. The molecule has 16 heavy (non-hydrogen) atoms. The van der Waals surface area contributed by atoms with Crippen LogP contribution in [0.5, 0.6) is 0 Å². The summed E-state index contributed by atoms with van der Waals surface area (Å²) >= 11 is 0. The quantitative estimate of drug-likeness (QED) is 0.813. The number of nitrogens with one attached hydrogen (secondary N) is 1. The lowest BCUT2D eigenvalue weighted by Gasteiger charge is -2.36. The topological polar surface area (TPSA) is 32.3 Å². The lowest BCUT2D eigenvalue weighted by atomic mass is 9.76. The second kappa shape index (κ2) is 4.98. The Morgan fingerprint density at radius 1 is 1.31 bits per heavy atom. The summed E-state index contributed by atoms with van der Waals surface area (Å²) in [6.45, 7) is 4.66. The van der Waals surface area contributed by atoms with Gasteiger partial charge in [-0.2, -0.15) is 0 Å². The van der Waals surface area contributed by atoms with E-state index < -0.39 is 0 Å². The Bertz CT molecular complexity index is 325. The molecule has 1 aromatic carbocycles. The highest BCUT2D eigenvalue weighted by Gasteiger charge is 2.29. The van der Waals surface area contributed by atoms with E-state index in [1.807, 2.05) is 6.92 Å². The van der Waals surface area contributed by atoms with E-state index in [0.717, 1.165) is 0 Å². The maximum Gasteiger partial charge on any atom is 0.0636 e. The average molecular weight is 219 g/mol. The Kier molecular flexibility index (Phi) is 3.62. The van der Waals surface area contributed by atoms with Crippen LogP contribution < -0.4 is 5.32 Å². The fourth-order valence-corrected chi connectivity index (χ4v) is 2.23. The van der Waals surface area contributed by atoms with Gasteiger partial charge >= 0.3 is 0 Å². The Balaban J connectivity index is 1.77.